The van der Waals surface area contributed by atoms with Crippen LogP contribution in [0.5, 0.6) is 11.5 Å². The zero-order chi connectivity index (χ0) is 13.0. The molecule has 0 aromatic heterocycles. The summed E-state index contributed by atoms with van der Waals surface area (Å²) in [5, 5.41) is 3.44. The fourth-order valence-corrected chi connectivity index (χ4v) is 2.17. The molecule has 1 N–H and O–H groups in total. The standard InChI is InChI=1S/C15H23NO2/c1-15(2)10-12(15)11-16-8-9-18-14-7-5-4-6-13(14)17-3/h4-7,12,16H,8-11H2,1-3H3. The molecule has 1 saturated carbocycles. The van der Waals surface area contributed by atoms with E-state index in [4.69, 9.17) is 9.47 Å². The predicted octanol–water partition coefficient (Wildman–Crippen LogP) is 2.71. The summed E-state index contributed by atoms with van der Waals surface area (Å²) in [6, 6.07) is 7.75. The molecule has 1 fully saturated rings. The first-order chi connectivity index (χ1) is 8.63. The van der Waals surface area contributed by atoms with E-state index in [0.717, 1.165) is 30.5 Å². The van der Waals surface area contributed by atoms with Crippen molar-refractivity contribution in [2.45, 2.75) is 20.3 Å². The molecule has 0 saturated heterocycles. The largest absolute Gasteiger partial charge is 0.493 e. The van der Waals surface area contributed by atoms with Crippen molar-refractivity contribution in [3.8, 4) is 11.5 Å². The Balaban J connectivity index is 1.63. The van der Waals surface area contributed by atoms with Gasteiger partial charge in [-0.1, -0.05) is 26.0 Å². The van der Waals surface area contributed by atoms with E-state index in [0.29, 0.717) is 12.0 Å². The summed E-state index contributed by atoms with van der Waals surface area (Å²) in [5.74, 6) is 2.44. The van der Waals surface area contributed by atoms with Crippen LogP contribution in [0.3, 0.4) is 0 Å². The Morgan fingerprint density at radius 2 is 1.94 bits per heavy atom. The molecule has 1 unspecified atom stereocenters. The molecule has 2 rings (SSSR count). The number of nitrogens with one attached hydrogen (secondary N) is 1. The lowest BCUT2D eigenvalue weighted by molar-refractivity contribution is 0.291. The van der Waals surface area contributed by atoms with Crippen molar-refractivity contribution in [2.24, 2.45) is 11.3 Å². The van der Waals surface area contributed by atoms with Gasteiger partial charge < -0.3 is 14.8 Å². The highest BCUT2D eigenvalue weighted by atomic mass is 16.5. The molecule has 1 atom stereocenters. The summed E-state index contributed by atoms with van der Waals surface area (Å²) in [5.41, 5.74) is 0.552. The molecule has 3 nitrogen and oxygen atoms in total. The van der Waals surface area contributed by atoms with Gasteiger partial charge >= 0.3 is 0 Å². The van der Waals surface area contributed by atoms with Crippen LogP contribution in [0.25, 0.3) is 0 Å². The highest BCUT2D eigenvalue weighted by Gasteiger charge is 2.44. The third kappa shape index (κ3) is 3.39. The van der Waals surface area contributed by atoms with Crippen molar-refractivity contribution in [3.63, 3.8) is 0 Å². The predicted molar refractivity (Wildman–Crippen MR) is 73.2 cm³/mol. The molecule has 0 aliphatic heterocycles. The van der Waals surface area contributed by atoms with Gasteiger partial charge in [-0.05, 0) is 36.4 Å². The van der Waals surface area contributed by atoms with E-state index < -0.39 is 0 Å². The second-order valence-electron chi connectivity index (χ2n) is 5.59. The molecule has 0 bridgehead atoms. The van der Waals surface area contributed by atoms with Gasteiger partial charge in [0.15, 0.2) is 11.5 Å². The number of hydrogen-bond acceptors (Lipinski definition) is 3. The molecule has 0 amide bonds. The zero-order valence-electron chi connectivity index (χ0n) is 11.5. The van der Waals surface area contributed by atoms with Crippen LogP contribution >= 0.6 is 0 Å². The summed E-state index contributed by atoms with van der Waals surface area (Å²) in [6.07, 6.45) is 1.34. The summed E-state index contributed by atoms with van der Waals surface area (Å²) < 4.78 is 10.9. The van der Waals surface area contributed by atoms with Crippen LogP contribution in [0.4, 0.5) is 0 Å². The number of para-hydroxylation sites is 2. The Morgan fingerprint density at radius 3 is 2.56 bits per heavy atom. The molecule has 3 heteroatoms. The van der Waals surface area contributed by atoms with Gasteiger partial charge in [0.1, 0.15) is 6.61 Å². The highest BCUT2D eigenvalue weighted by Crippen LogP contribution is 2.50. The fourth-order valence-electron chi connectivity index (χ4n) is 2.17. The SMILES string of the molecule is COc1ccccc1OCCNCC1CC1(C)C. The number of benzene rings is 1. The monoisotopic (exact) mass is 249 g/mol. The normalized spacial score (nSPS) is 20.5. The van der Waals surface area contributed by atoms with Crippen molar-refractivity contribution in [2.75, 3.05) is 26.8 Å². The molecular weight excluding hydrogens is 226 g/mol. The maximum atomic E-state index is 5.69. The van der Waals surface area contributed by atoms with Crippen LogP contribution < -0.4 is 14.8 Å². The summed E-state index contributed by atoms with van der Waals surface area (Å²) >= 11 is 0. The molecule has 100 valence electrons. The second kappa shape index (κ2) is 5.61. The molecule has 1 aliphatic carbocycles. The van der Waals surface area contributed by atoms with Crippen LogP contribution in [0.15, 0.2) is 24.3 Å². The molecule has 1 aliphatic rings. The van der Waals surface area contributed by atoms with E-state index in [1.54, 1.807) is 7.11 Å². The van der Waals surface area contributed by atoms with Gasteiger partial charge in [0.25, 0.3) is 0 Å². The molecule has 18 heavy (non-hydrogen) atoms. The smallest absolute Gasteiger partial charge is 0.161 e. The van der Waals surface area contributed by atoms with Crippen molar-refractivity contribution in [1.29, 1.82) is 0 Å². The van der Waals surface area contributed by atoms with Crippen LogP contribution in [-0.2, 0) is 0 Å². The third-order valence-electron chi connectivity index (χ3n) is 3.71. The Bertz CT molecular complexity index is 390. The quantitative estimate of drug-likeness (QED) is 0.754. The van der Waals surface area contributed by atoms with E-state index in [1.165, 1.54) is 6.42 Å². The third-order valence-corrected chi connectivity index (χ3v) is 3.71. The highest BCUT2D eigenvalue weighted by molar-refractivity contribution is 5.39. The van der Waals surface area contributed by atoms with E-state index >= 15 is 0 Å². The van der Waals surface area contributed by atoms with E-state index in [-0.39, 0.29) is 0 Å². The van der Waals surface area contributed by atoms with E-state index in [1.807, 2.05) is 24.3 Å². The van der Waals surface area contributed by atoms with Crippen molar-refractivity contribution in [1.82, 2.24) is 5.32 Å². The first-order valence-electron chi connectivity index (χ1n) is 6.60. The Morgan fingerprint density at radius 1 is 1.28 bits per heavy atom. The summed E-state index contributed by atoms with van der Waals surface area (Å²) in [4.78, 5) is 0. The number of rotatable bonds is 7. The molecule has 1 aromatic rings. The Hall–Kier alpha value is -1.22. The van der Waals surface area contributed by atoms with Crippen LogP contribution in [0.1, 0.15) is 20.3 Å². The van der Waals surface area contributed by atoms with Crippen molar-refractivity contribution < 1.29 is 9.47 Å². The summed E-state index contributed by atoms with van der Waals surface area (Å²) in [6.45, 7) is 7.30. The molecule has 0 heterocycles. The Labute approximate surface area is 109 Å². The van der Waals surface area contributed by atoms with Crippen LogP contribution in [-0.4, -0.2) is 26.8 Å². The van der Waals surface area contributed by atoms with Gasteiger partial charge in [-0.2, -0.15) is 0 Å². The van der Waals surface area contributed by atoms with E-state index in [2.05, 4.69) is 19.2 Å². The molecular formula is C15H23NO2. The van der Waals surface area contributed by atoms with Crippen LogP contribution in [0, 0.1) is 11.3 Å². The zero-order valence-corrected chi connectivity index (χ0v) is 11.5. The number of hydrogen-bond donors (Lipinski definition) is 1. The van der Waals surface area contributed by atoms with Gasteiger partial charge in [0.2, 0.25) is 0 Å². The molecule has 0 spiro atoms. The topological polar surface area (TPSA) is 30.5 Å². The van der Waals surface area contributed by atoms with Crippen molar-refractivity contribution in [3.05, 3.63) is 24.3 Å². The first-order valence-corrected chi connectivity index (χ1v) is 6.60. The fraction of sp³-hybridized carbons (Fsp3) is 0.600. The lowest BCUT2D eigenvalue weighted by atomic mass is 10.1. The average molecular weight is 249 g/mol. The summed E-state index contributed by atoms with van der Waals surface area (Å²) in [7, 11) is 1.66. The Kier molecular flexibility index (Phi) is 4.12. The minimum Gasteiger partial charge on any atom is -0.493 e. The average Bonchev–Trinajstić information content (AvgIpc) is 2.97. The van der Waals surface area contributed by atoms with Gasteiger partial charge in [0.05, 0.1) is 7.11 Å². The first kappa shape index (κ1) is 13.2. The second-order valence-corrected chi connectivity index (χ2v) is 5.59. The lowest BCUT2D eigenvalue weighted by Gasteiger charge is -2.11. The van der Waals surface area contributed by atoms with Gasteiger partial charge in [-0.15, -0.1) is 0 Å². The van der Waals surface area contributed by atoms with E-state index in [9.17, 15) is 0 Å². The molecule has 1 aromatic carbocycles. The number of methoxy groups -OCH3 is 1. The minimum atomic E-state index is 0.552. The maximum Gasteiger partial charge on any atom is 0.161 e. The molecule has 0 radical (unpaired) electrons. The van der Waals surface area contributed by atoms with Crippen LogP contribution in [0.2, 0.25) is 0 Å². The van der Waals surface area contributed by atoms with Gasteiger partial charge in [-0.3, -0.25) is 0 Å². The number of ether oxygens (including phenoxy) is 2. The lowest BCUT2D eigenvalue weighted by Crippen LogP contribution is -2.24. The van der Waals surface area contributed by atoms with Gasteiger partial charge in [-0.25, -0.2) is 0 Å². The van der Waals surface area contributed by atoms with Crippen molar-refractivity contribution >= 4 is 0 Å². The maximum absolute atomic E-state index is 5.69. The van der Waals surface area contributed by atoms with Gasteiger partial charge in [0, 0.05) is 6.54 Å². The minimum absolute atomic E-state index is 0.552.